The fraction of sp³-hybridized carbons (Fsp3) is 0.286. The summed E-state index contributed by atoms with van der Waals surface area (Å²) in [6.07, 6.45) is 0. The quantitative estimate of drug-likeness (QED) is 0.568. The highest BCUT2D eigenvalue weighted by Crippen LogP contribution is 2.18. The summed E-state index contributed by atoms with van der Waals surface area (Å²) in [6.45, 7) is 0.0630. The third-order valence-corrected chi connectivity index (χ3v) is 4.35. The van der Waals surface area contributed by atoms with Crippen LogP contribution in [0, 0.1) is 0 Å². The molecule has 1 aromatic rings. The molecule has 2 amide bonds. The predicted octanol–water partition coefficient (Wildman–Crippen LogP) is 0.525. The minimum absolute atomic E-state index is 0.0620. The Morgan fingerprint density at radius 1 is 1.43 bits per heavy atom. The molecule has 1 aromatic carbocycles. The Bertz CT molecular complexity index is 634. The number of nitrogens with one attached hydrogen (secondary N) is 1. The van der Waals surface area contributed by atoms with Crippen LogP contribution in [-0.2, 0) is 14.3 Å². The molecule has 1 heterocycles. The lowest BCUT2D eigenvalue weighted by Crippen LogP contribution is -2.38. The van der Waals surface area contributed by atoms with Gasteiger partial charge in [-0.3, -0.25) is 14.5 Å². The van der Waals surface area contributed by atoms with Crippen LogP contribution in [0.5, 0.6) is 5.75 Å². The number of rotatable bonds is 6. The van der Waals surface area contributed by atoms with Crippen molar-refractivity contribution in [3.63, 3.8) is 0 Å². The maximum Gasteiger partial charge on any atom is 0.338 e. The van der Waals surface area contributed by atoms with Gasteiger partial charge in [0, 0.05) is 13.1 Å². The minimum atomic E-state index is -0.705. The minimum Gasteiger partial charge on any atom is -0.508 e. The Hall–Kier alpha value is -2.13. The molecule has 0 spiro atoms. The van der Waals surface area contributed by atoms with Crippen LogP contribution in [0.3, 0.4) is 0 Å². The summed E-state index contributed by atoms with van der Waals surface area (Å²) < 4.78 is 5.34. The molecular weight excluding hydrogens is 340 g/mol. The van der Waals surface area contributed by atoms with Crippen molar-refractivity contribution in [3.8, 4) is 5.75 Å². The summed E-state index contributed by atoms with van der Waals surface area (Å²) in [6, 6.07) is 5.64. The first kappa shape index (κ1) is 17.2. The molecular formula is C14H14N2O5S2. The molecule has 1 saturated heterocycles. The zero-order valence-corrected chi connectivity index (χ0v) is 13.6. The molecule has 0 aromatic heterocycles. The van der Waals surface area contributed by atoms with E-state index >= 15 is 0 Å². The molecule has 0 atom stereocenters. The largest absolute Gasteiger partial charge is 0.508 e. The fourth-order valence-electron chi connectivity index (χ4n) is 1.80. The molecule has 23 heavy (non-hydrogen) atoms. The number of hydrogen-bond donors (Lipinski definition) is 2. The van der Waals surface area contributed by atoms with Crippen molar-refractivity contribution in [3.05, 3.63) is 29.8 Å². The Kier molecular flexibility index (Phi) is 5.94. The van der Waals surface area contributed by atoms with Gasteiger partial charge in [0.25, 0.3) is 5.91 Å². The topological polar surface area (TPSA) is 95.9 Å². The van der Waals surface area contributed by atoms with E-state index in [0.29, 0.717) is 10.1 Å². The van der Waals surface area contributed by atoms with Gasteiger partial charge >= 0.3 is 5.97 Å². The maximum absolute atomic E-state index is 11.7. The molecule has 9 heteroatoms. The third kappa shape index (κ3) is 4.93. The zero-order chi connectivity index (χ0) is 16.8. The molecule has 2 rings (SSSR count). The van der Waals surface area contributed by atoms with E-state index in [1.165, 1.54) is 40.9 Å². The molecule has 0 bridgehead atoms. The van der Waals surface area contributed by atoms with Crippen molar-refractivity contribution in [1.82, 2.24) is 10.2 Å². The number of phenolic OH excluding ortho intramolecular Hbond substituents is 1. The van der Waals surface area contributed by atoms with Crippen LogP contribution < -0.4 is 5.32 Å². The molecule has 0 saturated carbocycles. The molecule has 0 aliphatic carbocycles. The van der Waals surface area contributed by atoms with Crippen LogP contribution in [-0.4, -0.2) is 57.6 Å². The monoisotopic (exact) mass is 354 g/mol. The number of thiocarbonyl (C=S) groups is 1. The van der Waals surface area contributed by atoms with E-state index in [2.05, 4.69) is 5.32 Å². The molecule has 1 aliphatic heterocycles. The van der Waals surface area contributed by atoms with Gasteiger partial charge in [-0.25, -0.2) is 4.79 Å². The number of nitrogens with zero attached hydrogens (tertiary/aromatic N) is 1. The van der Waals surface area contributed by atoms with Gasteiger partial charge in [-0.05, 0) is 18.2 Å². The van der Waals surface area contributed by atoms with Gasteiger partial charge in [-0.15, -0.1) is 0 Å². The first-order chi connectivity index (χ1) is 11.0. The number of carbonyl (C=O) groups is 3. The number of benzene rings is 1. The first-order valence-electron chi connectivity index (χ1n) is 6.67. The van der Waals surface area contributed by atoms with E-state index in [-0.39, 0.29) is 30.3 Å². The Balaban J connectivity index is 1.70. The maximum atomic E-state index is 11.7. The molecule has 1 fully saturated rings. The lowest BCUT2D eigenvalue weighted by atomic mass is 10.2. The normalized spacial score (nSPS) is 14.0. The third-order valence-electron chi connectivity index (χ3n) is 2.91. The highest BCUT2D eigenvalue weighted by molar-refractivity contribution is 8.23. The van der Waals surface area contributed by atoms with E-state index in [1.54, 1.807) is 0 Å². The van der Waals surface area contributed by atoms with E-state index in [1.807, 2.05) is 0 Å². The first-order valence-corrected chi connectivity index (χ1v) is 8.07. The van der Waals surface area contributed by atoms with E-state index < -0.39 is 18.5 Å². The summed E-state index contributed by atoms with van der Waals surface area (Å²) in [7, 11) is 0. The van der Waals surface area contributed by atoms with Gasteiger partial charge < -0.3 is 15.2 Å². The van der Waals surface area contributed by atoms with Gasteiger partial charge in [-0.1, -0.05) is 30.0 Å². The SMILES string of the molecule is O=C(COC(=O)c1cccc(O)c1)NCCN1C(=O)CSC1=S. The number of amides is 2. The van der Waals surface area contributed by atoms with Crippen molar-refractivity contribution in [1.29, 1.82) is 0 Å². The Labute approximate surface area is 142 Å². The van der Waals surface area contributed by atoms with Gasteiger partial charge in [0.05, 0.1) is 11.3 Å². The van der Waals surface area contributed by atoms with E-state index in [0.717, 1.165) is 0 Å². The number of phenols is 1. The summed E-state index contributed by atoms with van der Waals surface area (Å²) in [4.78, 5) is 36.2. The van der Waals surface area contributed by atoms with Crippen molar-refractivity contribution >= 4 is 46.1 Å². The number of aromatic hydroxyl groups is 1. The number of thioether (sulfide) groups is 1. The summed E-state index contributed by atoms with van der Waals surface area (Å²) in [5, 5.41) is 11.8. The number of carbonyl (C=O) groups excluding carboxylic acids is 3. The second-order valence-corrected chi connectivity index (χ2v) is 6.19. The smallest absolute Gasteiger partial charge is 0.338 e. The highest BCUT2D eigenvalue weighted by atomic mass is 32.2. The molecule has 7 nitrogen and oxygen atoms in total. The average molecular weight is 354 g/mol. The van der Waals surface area contributed by atoms with Gasteiger partial charge in [-0.2, -0.15) is 0 Å². The molecule has 122 valence electrons. The van der Waals surface area contributed by atoms with Crippen molar-refractivity contribution < 1.29 is 24.2 Å². The highest BCUT2D eigenvalue weighted by Gasteiger charge is 2.25. The van der Waals surface area contributed by atoms with Crippen molar-refractivity contribution in [2.75, 3.05) is 25.4 Å². The van der Waals surface area contributed by atoms with Crippen molar-refractivity contribution in [2.45, 2.75) is 0 Å². The molecule has 0 unspecified atom stereocenters. The standard InChI is InChI=1S/C14H14N2O5S2/c17-10-3-1-2-9(6-10)13(20)21-7-11(18)15-4-5-16-12(19)8-23-14(16)22/h1-3,6,17H,4-5,7-8H2,(H,15,18). The van der Waals surface area contributed by atoms with Crippen LogP contribution in [0.25, 0.3) is 0 Å². The van der Waals surface area contributed by atoms with Gasteiger partial charge in [0.2, 0.25) is 5.91 Å². The van der Waals surface area contributed by atoms with Crippen LogP contribution in [0.2, 0.25) is 0 Å². The van der Waals surface area contributed by atoms with Crippen LogP contribution in [0.4, 0.5) is 0 Å². The number of esters is 1. The second-order valence-electron chi connectivity index (χ2n) is 4.58. The zero-order valence-electron chi connectivity index (χ0n) is 12.0. The predicted molar refractivity (Wildman–Crippen MR) is 88.2 cm³/mol. The average Bonchev–Trinajstić information content (AvgIpc) is 2.84. The van der Waals surface area contributed by atoms with Crippen molar-refractivity contribution in [2.24, 2.45) is 0 Å². The Morgan fingerprint density at radius 2 is 2.22 bits per heavy atom. The Morgan fingerprint density at radius 3 is 2.87 bits per heavy atom. The van der Waals surface area contributed by atoms with Crippen LogP contribution in [0.15, 0.2) is 24.3 Å². The summed E-state index contributed by atoms with van der Waals surface area (Å²) >= 11 is 6.30. The van der Waals surface area contributed by atoms with Gasteiger partial charge in [0.15, 0.2) is 6.61 Å². The molecule has 2 N–H and O–H groups in total. The van der Waals surface area contributed by atoms with Gasteiger partial charge in [0.1, 0.15) is 10.1 Å². The van der Waals surface area contributed by atoms with Crippen LogP contribution >= 0.6 is 24.0 Å². The summed E-state index contributed by atoms with van der Waals surface area (Å²) in [5.41, 5.74) is 0.155. The number of hydrogen-bond acceptors (Lipinski definition) is 7. The van der Waals surface area contributed by atoms with Crippen LogP contribution in [0.1, 0.15) is 10.4 Å². The molecule has 0 radical (unpaired) electrons. The lowest BCUT2D eigenvalue weighted by Gasteiger charge is -2.15. The molecule has 1 aliphatic rings. The second kappa shape index (κ2) is 7.93. The number of ether oxygens (including phenoxy) is 1. The fourth-order valence-corrected chi connectivity index (χ4v) is 2.92. The summed E-state index contributed by atoms with van der Waals surface area (Å²) in [5.74, 6) is -1.00. The lowest BCUT2D eigenvalue weighted by molar-refractivity contribution is -0.126. The van der Waals surface area contributed by atoms with E-state index in [4.69, 9.17) is 17.0 Å². The van der Waals surface area contributed by atoms with E-state index in [9.17, 15) is 19.5 Å².